The van der Waals surface area contributed by atoms with Gasteiger partial charge in [-0.05, 0) is 38.0 Å². The van der Waals surface area contributed by atoms with E-state index in [2.05, 4.69) is 4.90 Å². The molecule has 5 heteroatoms. The summed E-state index contributed by atoms with van der Waals surface area (Å²) >= 11 is 0. The number of hydrogen-bond acceptors (Lipinski definition) is 4. The average molecular weight is 311 g/mol. The molecule has 1 aromatic rings. The monoisotopic (exact) mass is 311 g/mol. The van der Waals surface area contributed by atoms with E-state index in [4.69, 9.17) is 9.47 Å². The Balaban J connectivity index is 1.89. The number of β-amino-alcohol motifs (C(OH)–C–C–N with tert-alkyl or cyclic N) is 1. The van der Waals surface area contributed by atoms with Crippen LogP contribution in [0, 0.1) is 12.7 Å². The van der Waals surface area contributed by atoms with E-state index >= 15 is 0 Å². The second-order valence-corrected chi connectivity index (χ2v) is 6.16. The molecule has 0 amide bonds. The van der Waals surface area contributed by atoms with Crippen LogP contribution in [-0.2, 0) is 9.47 Å². The topological polar surface area (TPSA) is 41.9 Å². The van der Waals surface area contributed by atoms with Crippen LogP contribution in [0.15, 0.2) is 18.2 Å². The number of aliphatic hydroxyl groups excluding tert-OH is 1. The van der Waals surface area contributed by atoms with Crippen molar-refractivity contribution in [3.8, 4) is 0 Å². The van der Waals surface area contributed by atoms with Gasteiger partial charge in [0, 0.05) is 19.6 Å². The van der Waals surface area contributed by atoms with Crippen LogP contribution in [0.25, 0.3) is 0 Å². The number of rotatable bonds is 6. The first-order valence-electron chi connectivity index (χ1n) is 7.85. The van der Waals surface area contributed by atoms with Gasteiger partial charge in [-0.25, -0.2) is 4.39 Å². The van der Waals surface area contributed by atoms with Crippen LogP contribution in [0.5, 0.6) is 0 Å². The number of aryl methyl sites for hydroxylation is 1. The van der Waals surface area contributed by atoms with Gasteiger partial charge in [0.15, 0.2) is 0 Å². The van der Waals surface area contributed by atoms with Gasteiger partial charge < -0.3 is 14.6 Å². The number of ether oxygens (including phenoxy) is 2. The van der Waals surface area contributed by atoms with Gasteiger partial charge >= 0.3 is 0 Å². The van der Waals surface area contributed by atoms with Crippen LogP contribution in [0.4, 0.5) is 4.39 Å². The lowest BCUT2D eigenvalue weighted by atomic mass is 10.0. The van der Waals surface area contributed by atoms with E-state index in [1.165, 1.54) is 6.07 Å². The van der Waals surface area contributed by atoms with Gasteiger partial charge in [0.05, 0.1) is 31.5 Å². The van der Waals surface area contributed by atoms with E-state index in [0.29, 0.717) is 31.9 Å². The van der Waals surface area contributed by atoms with E-state index in [1.54, 1.807) is 13.0 Å². The summed E-state index contributed by atoms with van der Waals surface area (Å²) in [6.07, 6.45) is -0.461. The highest BCUT2D eigenvalue weighted by Crippen LogP contribution is 2.24. The fourth-order valence-electron chi connectivity index (χ4n) is 2.59. The number of hydrogen-bond donors (Lipinski definition) is 1. The van der Waals surface area contributed by atoms with Crippen molar-refractivity contribution in [2.24, 2.45) is 0 Å². The predicted octanol–water partition coefficient (Wildman–Crippen LogP) is 2.29. The van der Waals surface area contributed by atoms with Gasteiger partial charge in [0.25, 0.3) is 0 Å². The van der Waals surface area contributed by atoms with Crippen molar-refractivity contribution >= 4 is 0 Å². The maximum atomic E-state index is 13.4. The molecule has 0 bridgehead atoms. The van der Waals surface area contributed by atoms with Crippen molar-refractivity contribution in [2.45, 2.75) is 39.1 Å². The Morgan fingerprint density at radius 3 is 2.91 bits per heavy atom. The maximum absolute atomic E-state index is 13.4. The third-order valence-corrected chi connectivity index (χ3v) is 3.80. The molecule has 0 radical (unpaired) electrons. The quantitative estimate of drug-likeness (QED) is 0.875. The van der Waals surface area contributed by atoms with Gasteiger partial charge in [0.2, 0.25) is 0 Å². The predicted molar refractivity (Wildman–Crippen MR) is 83.4 cm³/mol. The van der Waals surface area contributed by atoms with Crippen molar-refractivity contribution < 1.29 is 19.0 Å². The molecule has 1 heterocycles. The standard InChI is InChI=1S/C17H26FNO3/c1-12(2)22-11-15(20)9-19-6-7-21-17(10-19)14-4-5-16(18)13(3)8-14/h4-5,8,12,15,17,20H,6-7,9-11H2,1-3H3. The molecule has 1 aliphatic heterocycles. The normalized spacial score (nSPS) is 21.3. The smallest absolute Gasteiger partial charge is 0.126 e. The van der Waals surface area contributed by atoms with E-state index in [9.17, 15) is 9.50 Å². The largest absolute Gasteiger partial charge is 0.389 e. The van der Waals surface area contributed by atoms with Gasteiger partial charge in [-0.1, -0.05) is 12.1 Å². The first-order chi connectivity index (χ1) is 10.5. The molecular formula is C17H26FNO3. The SMILES string of the molecule is Cc1cc(C2CN(CC(O)COC(C)C)CCO2)ccc1F. The fraction of sp³-hybridized carbons (Fsp3) is 0.647. The third kappa shape index (κ3) is 5.02. The lowest BCUT2D eigenvalue weighted by molar-refractivity contribution is -0.0574. The molecule has 0 aromatic heterocycles. The van der Waals surface area contributed by atoms with Crippen LogP contribution in [0.1, 0.15) is 31.1 Å². The summed E-state index contributed by atoms with van der Waals surface area (Å²) in [6, 6.07) is 5.09. The lowest BCUT2D eigenvalue weighted by Gasteiger charge is -2.34. The summed E-state index contributed by atoms with van der Waals surface area (Å²) in [6.45, 7) is 8.66. The van der Waals surface area contributed by atoms with Crippen molar-refractivity contribution in [3.63, 3.8) is 0 Å². The maximum Gasteiger partial charge on any atom is 0.126 e. The number of nitrogens with zero attached hydrogens (tertiary/aromatic N) is 1. The molecule has 1 fully saturated rings. The van der Waals surface area contributed by atoms with Crippen LogP contribution < -0.4 is 0 Å². The molecule has 2 rings (SSSR count). The summed E-state index contributed by atoms with van der Waals surface area (Å²) in [5.41, 5.74) is 1.61. The van der Waals surface area contributed by atoms with Crippen molar-refractivity contribution in [1.29, 1.82) is 0 Å². The molecule has 1 aliphatic rings. The first-order valence-corrected chi connectivity index (χ1v) is 7.85. The average Bonchev–Trinajstić information content (AvgIpc) is 2.48. The molecule has 1 aromatic carbocycles. The Labute approximate surface area is 131 Å². The summed E-state index contributed by atoms with van der Waals surface area (Å²) in [4.78, 5) is 2.17. The molecule has 124 valence electrons. The first kappa shape index (κ1) is 17.3. The van der Waals surface area contributed by atoms with Crippen molar-refractivity contribution in [3.05, 3.63) is 35.1 Å². The highest BCUT2D eigenvalue weighted by Gasteiger charge is 2.24. The molecule has 2 unspecified atom stereocenters. The minimum absolute atomic E-state index is 0.0775. The van der Waals surface area contributed by atoms with Crippen molar-refractivity contribution in [2.75, 3.05) is 32.8 Å². The second-order valence-electron chi connectivity index (χ2n) is 6.16. The van der Waals surface area contributed by atoms with Crippen LogP contribution >= 0.6 is 0 Å². The molecular weight excluding hydrogens is 285 g/mol. The van der Waals surface area contributed by atoms with Gasteiger partial charge in [0.1, 0.15) is 5.82 Å². The Morgan fingerprint density at radius 2 is 2.23 bits per heavy atom. The Hall–Kier alpha value is -1.01. The molecule has 2 atom stereocenters. The second kappa shape index (κ2) is 8.02. The zero-order chi connectivity index (χ0) is 16.1. The fourth-order valence-corrected chi connectivity index (χ4v) is 2.59. The summed E-state index contributed by atoms with van der Waals surface area (Å²) < 4.78 is 24.6. The van der Waals surface area contributed by atoms with E-state index in [1.807, 2.05) is 19.9 Å². The Morgan fingerprint density at radius 1 is 1.45 bits per heavy atom. The Bertz CT molecular complexity index is 481. The molecule has 0 saturated carbocycles. The summed E-state index contributed by atoms with van der Waals surface area (Å²) in [7, 11) is 0. The highest BCUT2D eigenvalue weighted by atomic mass is 19.1. The molecule has 4 nitrogen and oxygen atoms in total. The third-order valence-electron chi connectivity index (χ3n) is 3.80. The Kier molecular flexibility index (Phi) is 6.32. The molecule has 1 saturated heterocycles. The number of halogens is 1. The zero-order valence-electron chi connectivity index (χ0n) is 13.6. The lowest BCUT2D eigenvalue weighted by Crippen LogP contribution is -2.43. The van der Waals surface area contributed by atoms with E-state index in [-0.39, 0.29) is 18.0 Å². The van der Waals surface area contributed by atoms with E-state index in [0.717, 1.165) is 12.1 Å². The number of benzene rings is 1. The van der Waals surface area contributed by atoms with Crippen molar-refractivity contribution in [1.82, 2.24) is 4.90 Å². The minimum Gasteiger partial charge on any atom is -0.389 e. The summed E-state index contributed by atoms with van der Waals surface area (Å²) in [5.74, 6) is -0.197. The minimum atomic E-state index is -0.504. The number of aliphatic hydroxyl groups is 1. The van der Waals surface area contributed by atoms with Gasteiger partial charge in [-0.2, -0.15) is 0 Å². The van der Waals surface area contributed by atoms with Crippen LogP contribution in [-0.4, -0.2) is 55.1 Å². The molecule has 22 heavy (non-hydrogen) atoms. The van der Waals surface area contributed by atoms with Gasteiger partial charge in [-0.3, -0.25) is 4.90 Å². The molecule has 0 spiro atoms. The zero-order valence-corrected chi connectivity index (χ0v) is 13.6. The van der Waals surface area contributed by atoms with Gasteiger partial charge in [-0.15, -0.1) is 0 Å². The highest BCUT2D eigenvalue weighted by molar-refractivity contribution is 5.26. The van der Waals surface area contributed by atoms with Crippen LogP contribution in [0.2, 0.25) is 0 Å². The summed E-state index contributed by atoms with van der Waals surface area (Å²) in [5, 5.41) is 10.0. The molecule has 1 N–H and O–H groups in total. The molecule has 0 aliphatic carbocycles. The van der Waals surface area contributed by atoms with Crippen LogP contribution in [0.3, 0.4) is 0 Å². The number of morpholine rings is 1. The van der Waals surface area contributed by atoms with E-state index < -0.39 is 6.10 Å².